The van der Waals surface area contributed by atoms with E-state index >= 15 is 0 Å². The summed E-state index contributed by atoms with van der Waals surface area (Å²) in [5.74, 6) is 1.53. The lowest BCUT2D eigenvalue weighted by atomic mass is 10.4. The predicted molar refractivity (Wildman–Crippen MR) is 69.0 cm³/mol. The van der Waals surface area contributed by atoms with Gasteiger partial charge in [0.05, 0.1) is 11.1 Å². The van der Waals surface area contributed by atoms with Gasteiger partial charge in [-0.1, -0.05) is 11.8 Å². The van der Waals surface area contributed by atoms with E-state index in [1.807, 2.05) is 25.5 Å². The van der Waals surface area contributed by atoms with Crippen molar-refractivity contribution in [1.82, 2.24) is 19.7 Å². The molecule has 0 bridgehead atoms. The number of hydrogen-bond donors (Lipinski definition) is 0. The Balaban J connectivity index is 1.86. The lowest BCUT2D eigenvalue weighted by Gasteiger charge is -2.02. The van der Waals surface area contributed by atoms with Crippen LogP contribution >= 0.6 is 27.7 Å². The van der Waals surface area contributed by atoms with Gasteiger partial charge in [0.25, 0.3) is 0 Å². The van der Waals surface area contributed by atoms with Crippen molar-refractivity contribution in [3.05, 3.63) is 28.9 Å². The summed E-state index contributed by atoms with van der Waals surface area (Å²) in [5.41, 5.74) is 0. The van der Waals surface area contributed by atoms with E-state index in [1.165, 1.54) is 12.8 Å². The van der Waals surface area contributed by atoms with E-state index in [9.17, 15) is 0 Å². The van der Waals surface area contributed by atoms with Gasteiger partial charge >= 0.3 is 0 Å². The van der Waals surface area contributed by atoms with Gasteiger partial charge in [-0.3, -0.25) is 4.68 Å². The number of rotatable bonds is 3. The van der Waals surface area contributed by atoms with Crippen LogP contribution in [0.4, 0.5) is 0 Å². The third-order valence-electron chi connectivity index (χ3n) is 2.53. The normalized spacial score (nSPS) is 15.2. The van der Waals surface area contributed by atoms with E-state index in [2.05, 4.69) is 31.0 Å². The van der Waals surface area contributed by atoms with Crippen molar-refractivity contribution < 1.29 is 0 Å². The number of halogens is 1. The molecule has 3 rings (SSSR count). The van der Waals surface area contributed by atoms with Gasteiger partial charge in [0, 0.05) is 25.2 Å². The zero-order valence-corrected chi connectivity index (χ0v) is 11.7. The summed E-state index contributed by atoms with van der Waals surface area (Å²) in [5, 5.41) is 5.12. The maximum Gasteiger partial charge on any atom is 0.134 e. The molecule has 0 spiro atoms. The molecule has 2 aromatic rings. The molecular formula is C11H11BrN4S. The van der Waals surface area contributed by atoms with Gasteiger partial charge in [0.15, 0.2) is 0 Å². The molecule has 2 aromatic heterocycles. The molecule has 2 heterocycles. The number of aromatic nitrogens is 4. The van der Waals surface area contributed by atoms with Crippen LogP contribution in [0.25, 0.3) is 0 Å². The highest BCUT2D eigenvalue weighted by Crippen LogP contribution is 2.39. The van der Waals surface area contributed by atoms with Gasteiger partial charge in [0.1, 0.15) is 15.5 Å². The van der Waals surface area contributed by atoms with Crippen molar-refractivity contribution in [3.8, 4) is 0 Å². The maximum atomic E-state index is 4.58. The van der Waals surface area contributed by atoms with Crippen molar-refractivity contribution in [2.24, 2.45) is 7.05 Å². The number of nitrogens with zero attached hydrogens (tertiary/aromatic N) is 4. The van der Waals surface area contributed by atoms with Crippen molar-refractivity contribution in [2.75, 3.05) is 0 Å². The predicted octanol–water partition coefficient (Wildman–Crippen LogP) is 3.00. The summed E-state index contributed by atoms with van der Waals surface area (Å²) in [6.07, 6.45) is 6.26. The molecule has 0 amide bonds. The van der Waals surface area contributed by atoms with Gasteiger partial charge in [-0.15, -0.1) is 0 Å². The van der Waals surface area contributed by atoms with Crippen molar-refractivity contribution in [3.63, 3.8) is 0 Å². The minimum Gasteiger partial charge on any atom is -0.275 e. The van der Waals surface area contributed by atoms with Crippen LogP contribution in [0.1, 0.15) is 24.6 Å². The Morgan fingerprint density at radius 1 is 1.41 bits per heavy atom. The monoisotopic (exact) mass is 310 g/mol. The van der Waals surface area contributed by atoms with Crippen LogP contribution in [0.5, 0.6) is 0 Å². The average molecular weight is 311 g/mol. The standard InChI is InChI=1S/C11H11BrN4S/c1-16-6-8(5-13-16)17-10-4-9(12)14-11(15-10)7-2-3-7/h4-7H,2-3H2,1H3. The molecule has 0 atom stereocenters. The topological polar surface area (TPSA) is 43.6 Å². The first-order valence-corrected chi connectivity index (χ1v) is 7.02. The second kappa shape index (κ2) is 4.42. The van der Waals surface area contributed by atoms with Crippen LogP contribution in [0.3, 0.4) is 0 Å². The molecule has 0 N–H and O–H groups in total. The molecular weight excluding hydrogens is 300 g/mol. The van der Waals surface area contributed by atoms with Crippen LogP contribution in [0.2, 0.25) is 0 Å². The smallest absolute Gasteiger partial charge is 0.134 e. The lowest BCUT2D eigenvalue weighted by molar-refractivity contribution is 0.766. The van der Waals surface area contributed by atoms with Gasteiger partial charge in [0.2, 0.25) is 0 Å². The van der Waals surface area contributed by atoms with Gasteiger partial charge in [-0.05, 0) is 28.8 Å². The van der Waals surface area contributed by atoms with Gasteiger partial charge < -0.3 is 0 Å². The summed E-state index contributed by atoms with van der Waals surface area (Å²) in [4.78, 5) is 10.1. The van der Waals surface area contributed by atoms with E-state index < -0.39 is 0 Å². The third kappa shape index (κ3) is 2.69. The zero-order valence-electron chi connectivity index (χ0n) is 9.30. The first-order chi connectivity index (χ1) is 8.20. The quantitative estimate of drug-likeness (QED) is 0.817. The first-order valence-electron chi connectivity index (χ1n) is 5.42. The second-order valence-corrected chi connectivity index (χ2v) is 6.02. The summed E-state index contributed by atoms with van der Waals surface area (Å²) >= 11 is 5.06. The summed E-state index contributed by atoms with van der Waals surface area (Å²) in [6, 6.07) is 1.95. The molecule has 1 fully saturated rings. The molecule has 1 aliphatic carbocycles. The highest BCUT2D eigenvalue weighted by Gasteiger charge is 2.27. The zero-order chi connectivity index (χ0) is 11.8. The SMILES string of the molecule is Cn1cc(Sc2cc(Br)nc(C3CC3)n2)cn1. The molecule has 0 saturated heterocycles. The fourth-order valence-corrected chi connectivity index (χ4v) is 2.97. The summed E-state index contributed by atoms with van der Waals surface area (Å²) in [6.45, 7) is 0. The van der Waals surface area contributed by atoms with E-state index in [0.29, 0.717) is 5.92 Å². The molecule has 0 radical (unpaired) electrons. The number of hydrogen-bond acceptors (Lipinski definition) is 4. The molecule has 6 heteroatoms. The summed E-state index contributed by atoms with van der Waals surface area (Å²) < 4.78 is 2.65. The van der Waals surface area contributed by atoms with Gasteiger partial charge in [-0.2, -0.15) is 5.10 Å². The lowest BCUT2D eigenvalue weighted by Crippen LogP contribution is -1.94. The minimum absolute atomic E-state index is 0.570. The second-order valence-electron chi connectivity index (χ2n) is 4.11. The molecule has 1 saturated carbocycles. The molecule has 88 valence electrons. The van der Waals surface area contributed by atoms with Crippen molar-refractivity contribution in [1.29, 1.82) is 0 Å². The van der Waals surface area contributed by atoms with Crippen LogP contribution in [0, 0.1) is 0 Å². The molecule has 4 nitrogen and oxygen atoms in total. The number of aryl methyl sites for hydroxylation is 1. The molecule has 0 aromatic carbocycles. The maximum absolute atomic E-state index is 4.58. The van der Waals surface area contributed by atoms with Crippen LogP contribution < -0.4 is 0 Å². The largest absolute Gasteiger partial charge is 0.275 e. The fraction of sp³-hybridized carbons (Fsp3) is 0.364. The van der Waals surface area contributed by atoms with Crippen LogP contribution in [0.15, 0.2) is 33.0 Å². The molecule has 1 aliphatic rings. The Bertz CT molecular complexity index is 550. The molecule has 0 unspecified atom stereocenters. The van der Waals surface area contributed by atoms with E-state index in [0.717, 1.165) is 20.3 Å². The Kier molecular flexibility index (Phi) is 2.92. The highest BCUT2D eigenvalue weighted by molar-refractivity contribution is 9.10. The minimum atomic E-state index is 0.570. The summed E-state index contributed by atoms with van der Waals surface area (Å²) in [7, 11) is 1.91. The van der Waals surface area contributed by atoms with E-state index in [4.69, 9.17) is 0 Å². The van der Waals surface area contributed by atoms with E-state index in [-0.39, 0.29) is 0 Å². The first kappa shape index (κ1) is 11.2. The molecule has 0 aliphatic heterocycles. The fourth-order valence-electron chi connectivity index (χ4n) is 1.56. The van der Waals surface area contributed by atoms with Crippen LogP contribution in [-0.4, -0.2) is 19.7 Å². The van der Waals surface area contributed by atoms with Crippen molar-refractivity contribution >= 4 is 27.7 Å². The Hall–Kier alpha value is -0.880. The Morgan fingerprint density at radius 3 is 2.88 bits per heavy atom. The highest BCUT2D eigenvalue weighted by atomic mass is 79.9. The average Bonchev–Trinajstić information content (AvgIpc) is 3.03. The Morgan fingerprint density at radius 2 is 2.24 bits per heavy atom. The molecule has 17 heavy (non-hydrogen) atoms. The van der Waals surface area contributed by atoms with E-state index in [1.54, 1.807) is 16.4 Å². The third-order valence-corrected chi connectivity index (χ3v) is 3.81. The van der Waals surface area contributed by atoms with Crippen LogP contribution in [-0.2, 0) is 7.05 Å². The Labute approximate surface area is 112 Å². The van der Waals surface area contributed by atoms with Gasteiger partial charge in [-0.25, -0.2) is 9.97 Å². The van der Waals surface area contributed by atoms with Crippen molar-refractivity contribution in [2.45, 2.75) is 28.7 Å².